The number of fused-ring (bicyclic) bond motifs is 1. The van der Waals surface area contributed by atoms with Crippen LogP contribution in [0.1, 0.15) is 43.1 Å². The average Bonchev–Trinajstić information content (AvgIpc) is 2.77. The van der Waals surface area contributed by atoms with E-state index in [-0.39, 0.29) is 11.5 Å². The summed E-state index contributed by atoms with van der Waals surface area (Å²) in [7, 11) is 0. The molecule has 2 nitrogen and oxygen atoms in total. The van der Waals surface area contributed by atoms with E-state index in [0.29, 0.717) is 10.0 Å². The molecule has 0 aliphatic heterocycles. The molecule has 3 rings (SSSR count). The Morgan fingerprint density at radius 3 is 2.67 bits per heavy atom. The molecular weight excluding hydrogens is 303 g/mol. The number of halogens is 2. The van der Waals surface area contributed by atoms with Crippen molar-refractivity contribution in [2.45, 2.75) is 39.7 Å². The van der Waals surface area contributed by atoms with Crippen LogP contribution in [-0.4, -0.2) is 4.57 Å². The van der Waals surface area contributed by atoms with E-state index in [1.165, 1.54) is 11.3 Å². The molecule has 0 spiro atoms. The Morgan fingerprint density at radius 1 is 1.24 bits per heavy atom. The number of rotatable bonds is 1. The molecule has 2 aromatic rings. The second kappa shape index (κ2) is 5.05. The largest absolute Gasteiger partial charge is 0.324 e. The molecule has 1 heterocycles. The van der Waals surface area contributed by atoms with Gasteiger partial charge in [-0.2, -0.15) is 0 Å². The van der Waals surface area contributed by atoms with E-state index >= 15 is 0 Å². The summed E-state index contributed by atoms with van der Waals surface area (Å²) in [6.07, 6.45) is 4.02. The van der Waals surface area contributed by atoms with Crippen LogP contribution in [-0.2, 0) is 6.42 Å². The van der Waals surface area contributed by atoms with Crippen LogP contribution in [0.4, 0.5) is 0 Å². The minimum atomic E-state index is 0.0763. The number of hydrogen-bond acceptors (Lipinski definition) is 1. The van der Waals surface area contributed by atoms with Crippen molar-refractivity contribution >= 4 is 23.2 Å². The number of aromatic nitrogens is 1. The van der Waals surface area contributed by atoms with Gasteiger partial charge in [0, 0.05) is 17.9 Å². The fraction of sp³-hybridized carbons (Fsp3) is 0.412. The highest BCUT2D eigenvalue weighted by atomic mass is 35.5. The maximum absolute atomic E-state index is 6.50. The molecule has 1 aliphatic rings. The number of aryl methyl sites for hydroxylation is 1. The molecule has 1 aliphatic carbocycles. The Labute approximate surface area is 135 Å². The first-order valence-electron chi connectivity index (χ1n) is 7.21. The summed E-state index contributed by atoms with van der Waals surface area (Å²) < 4.78 is 2.12. The predicted molar refractivity (Wildman–Crippen MR) is 89.6 cm³/mol. The highest BCUT2D eigenvalue weighted by Gasteiger charge is 2.33. The number of hydrogen-bond donors (Lipinski definition) is 1. The van der Waals surface area contributed by atoms with E-state index < -0.39 is 0 Å². The van der Waals surface area contributed by atoms with Gasteiger partial charge in [0.25, 0.3) is 0 Å². The van der Waals surface area contributed by atoms with Gasteiger partial charge in [0.1, 0.15) is 0 Å². The molecule has 4 heteroatoms. The maximum Gasteiger partial charge on any atom is 0.0830 e. The molecule has 0 saturated carbocycles. The molecule has 0 saturated heterocycles. The maximum atomic E-state index is 6.50. The first-order valence-corrected chi connectivity index (χ1v) is 7.96. The normalized spacial score (nSPS) is 20.4. The third-order valence-corrected chi connectivity index (χ3v) is 5.13. The number of benzene rings is 1. The van der Waals surface area contributed by atoms with Crippen molar-refractivity contribution in [1.82, 2.24) is 4.57 Å². The van der Waals surface area contributed by atoms with Crippen molar-refractivity contribution < 1.29 is 0 Å². The zero-order valence-corrected chi connectivity index (χ0v) is 14.1. The zero-order valence-electron chi connectivity index (χ0n) is 12.6. The lowest BCUT2D eigenvalue weighted by Crippen LogP contribution is -2.30. The predicted octanol–water partition coefficient (Wildman–Crippen LogP) is 5.06. The van der Waals surface area contributed by atoms with Crippen LogP contribution in [0.5, 0.6) is 0 Å². The van der Waals surface area contributed by atoms with E-state index in [9.17, 15) is 0 Å². The molecule has 0 bridgehead atoms. The molecule has 112 valence electrons. The van der Waals surface area contributed by atoms with Gasteiger partial charge in [-0.3, -0.25) is 0 Å². The lowest BCUT2D eigenvalue weighted by molar-refractivity contribution is 0.278. The van der Waals surface area contributed by atoms with Gasteiger partial charge in [-0.1, -0.05) is 43.1 Å². The van der Waals surface area contributed by atoms with E-state index in [0.717, 1.165) is 24.1 Å². The molecule has 1 atom stereocenters. The summed E-state index contributed by atoms with van der Waals surface area (Å²) in [5.41, 5.74) is 10.9. The molecule has 1 unspecified atom stereocenters. The molecular formula is C17H20Cl2N2. The first kappa shape index (κ1) is 15.0. The van der Waals surface area contributed by atoms with E-state index in [1.807, 2.05) is 25.3 Å². The van der Waals surface area contributed by atoms with Crippen LogP contribution in [0.2, 0.25) is 10.0 Å². The van der Waals surface area contributed by atoms with Crippen LogP contribution in [0, 0.1) is 12.3 Å². The fourth-order valence-electron chi connectivity index (χ4n) is 3.31. The minimum Gasteiger partial charge on any atom is -0.324 e. The molecule has 2 N–H and O–H groups in total. The van der Waals surface area contributed by atoms with Gasteiger partial charge in [0.05, 0.1) is 15.7 Å². The van der Waals surface area contributed by atoms with Crippen LogP contribution in [0.25, 0.3) is 5.69 Å². The SMILES string of the molecule is Cc1ccc(Cl)c(-n2ccc3c2CC(C)(C)CC3N)c1Cl. The number of nitrogens with zero attached hydrogens (tertiary/aromatic N) is 1. The van der Waals surface area contributed by atoms with Crippen LogP contribution in [0.15, 0.2) is 24.4 Å². The van der Waals surface area contributed by atoms with Crippen molar-refractivity contribution in [2.24, 2.45) is 11.1 Å². The summed E-state index contributed by atoms with van der Waals surface area (Å²) in [4.78, 5) is 0. The summed E-state index contributed by atoms with van der Waals surface area (Å²) in [6, 6.07) is 6.02. The zero-order chi connectivity index (χ0) is 15.4. The lowest BCUT2D eigenvalue weighted by Gasteiger charge is -2.34. The van der Waals surface area contributed by atoms with Crippen LogP contribution in [0.3, 0.4) is 0 Å². The Balaban J connectivity index is 2.21. The second-order valence-corrected chi connectivity index (χ2v) is 7.55. The molecule has 0 fully saturated rings. The van der Waals surface area contributed by atoms with Gasteiger partial charge in [0.15, 0.2) is 0 Å². The van der Waals surface area contributed by atoms with Crippen molar-refractivity contribution in [3.8, 4) is 5.69 Å². The Kier molecular flexibility index (Phi) is 3.59. The fourth-order valence-corrected chi connectivity index (χ4v) is 3.86. The summed E-state index contributed by atoms with van der Waals surface area (Å²) in [6.45, 7) is 6.51. The molecule has 1 aromatic heterocycles. The third kappa shape index (κ3) is 2.50. The summed E-state index contributed by atoms with van der Waals surface area (Å²) in [5, 5.41) is 1.37. The summed E-state index contributed by atoms with van der Waals surface area (Å²) >= 11 is 12.9. The lowest BCUT2D eigenvalue weighted by atomic mass is 9.74. The van der Waals surface area contributed by atoms with Crippen molar-refractivity contribution in [3.05, 3.63) is 51.3 Å². The smallest absolute Gasteiger partial charge is 0.0830 e. The quantitative estimate of drug-likeness (QED) is 0.781. The standard InChI is InChI=1S/C17H20Cl2N2/c1-10-4-5-12(18)16(15(10)19)21-7-6-11-13(20)8-17(2,3)9-14(11)21/h4-7,13H,8-9,20H2,1-3H3. The number of nitrogens with two attached hydrogens (primary N) is 1. The molecule has 21 heavy (non-hydrogen) atoms. The Bertz CT molecular complexity index is 701. The van der Waals surface area contributed by atoms with Crippen molar-refractivity contribution in [1.29, 1.82) is 0 Å². The van der Waals surface area contributed by atoms with Gasteiger partial charge < -0.3 is 10.3 Å². The van der Waals surface area contributed by atoms with Gasteiger partial charge >= 0.3 is 0 Å². The van der Waals surface area contributed by atoms with Gasteiger partial charge in [-0.05, 0) is 48.4 Å². The third-order valence-electron chi connectivity index (χ3n) is 4.35. The van der Waals surface area contributed by atoms with Crippen molar-refractivity contribution in [3.63, 3.8) is 0 Å². The van der Waals surface area contributed by atoms with E-state index in [1.54, 1.807) is 0 Å². The average molecular weight is 323 g/mol. The Morgan fingerprint density at radius 2 is 1.95 bits per heavy atom. The molecule has 0 radical (unpaired) electrons. The van der Waals surface area contributed by atoms with Crippen LogP contribution >= 0.6 is 23.2 Å². The van der Waals surface area contributed by atoms with Crippen LogP contribution < -0.4 is 5.73 Å². The second-order valence-electron chi connectivity index (χ2n) is 6.77. The highest BCUT2D eigenvalue weighted by molar-refractivity contribution is 6.38. The van der Waals surface area contributed by atoms with Crippen molar-refractivity contribution in [2.75, 3.05) is 0 Å². The first-order chi connectivity index (χ1) is 9.80. The monoisotopic (exact) mass is 322 g/mol. The highest BCUT2D eigenvalue weighted by Crippen LogP contribution is 2.42. The molecule has 0 amide bonds. The minimum absolute atomic E-state index is 0.0763. The molecule has 1 aromatic carbocycles. The van der Waals surface area contributed by atoms with Gasteiger partial charge in [0.2, 0.25) is 0 Å². The van der Waals surface area contributed by atoms with Gasteiger partial charge in [-0.15, -0.1) is 0 Å². The Hall–Kier alpha value is -0.960. The topological polar surface area (TPSA) is 30.9 Å². The van der Waals surface area contributed by atoms with E-state index in [2.05, 4.69) is 24.5 Å². The van der Waals surface area contributed by atoms with E-state index in [4.69, 9.17) is 28.9 Å². The van der Waals surface area contributed by atoms with Gasteiger partial charge in [-0.25, -0.2) is 0 Å². The summed E-state index contributed by atoms with van der Waals surface area (Å²) in [5.74, 6) is 0.